The fourth-order valence-corrected chi connectivity index (χ4v) is 5.39. The first-order chi connectivity index (χ1) is 14.7. The van der Waals surface area contributed by atoms with Crippen LogP contribution in [0.4, 0.5) is 0 Å². The Bertz CT molecular complexity index is 979. The van der Waals surface area contributed by atoms with E-state index < -0.39 is 0 Å². The van der Waals surface area contributed by atoms with Crippen LogP contribution >= 0.6 is 12.4 Å². The predicted octanol–water partition coefficient (Wildman–Crippen LogP) is 3.95. The van der Waals surface area contributed by atoms with Crippen LogP contribution in [0.1, 0.15) is 74.2 Å². The topological polar surface area (TPSA) is 73.3 Å². The maximum absolute atomic E-state index is 13.4. The molecule has 7 heteroatoms. The first-order valence-corrected chi connectivity index (χ1v) is 11.9. The Kier molecular flexibility index (Phi) is 6.77. The van der Waals surface area contributed by atoms with Gasteiger partial charge in [0.2, 0.25) is 0 Å². The van der Waals surface area contributed by atoms with E-state index in [9.17, 15) is 9.59 Å². The molecular formula is C24H35ClN4O2. The number of hydrogen-bond donors (Lipinski definition) is 1. The summed E-state index contributed by atoms with van der Waals surface area (Å²) < 4.78 is 4.00. The van der Waals surface area contributed by atoms with Crippen LogP contribution < -0.4 is 11.4 Å². The number of likely N-dealkylation sites (tertiary alicyclic amines) is 1. The van der Waals surface area contributed by atoms with Gasteiger partial charge in [-0.2, -0.15) is 0 Å². The number of nitrogens with zero attached hydrogens (tertiary/aromatic N) is 3. The van der Waals surface area contributed by atoms with E-state index in [4.69, 9.17) is 5.73 Å². The number of hydrogen-bond acceptors (Lipinski definition) is 3. The van der Waals surface area contributed by atoms with Crippen molar-refractivity contribution in [3.8, 4) is 0 Å². The first kappa shape index (κ1) is 22.4. The maximum atomic E-state index is 13.4. The Hall–Kier alpha value is -1.79. The second kappa shape index (κ2) is 9.37. The van der Waals surface area contributed by atoms with Crippen LogP contribution in [-0.2, 0) is 6.54 Å². The van der Waals surface area contributed by atoms with Gasteiger partial charge in [-0.15, -0.1) is 12.4 Å². The summed E-state index contributed by atoms with van der Waals surface area (Å²) in [7, 11) is 0. The second-order valence-electron chi connectivity index (χ2n) is 9.67. The largest absolute Gasteiger partial charge is 0.339 e. The molecule has 1 amide bonds. The Balaban J connectivity index is 0.00000231. The van der Waals surface area contributed by atoms with E-state index >= 15 is 0 Å². The van der Waals surface area contributed by atoms with Crippen molar-refractivity contribution in [2.45, 2.75) is 70.4 Å². The lowest BCUT2D eigenvalue weighted by molar-refractivity contribution is 0.0693. The van der Waals surface area contributed by atoms with Crippen molar-refractivity contribution in [3.05, 3.63) is 34.2 Å². The first-order valence-electron chi connectivity index (χ1n) is 11.9. The van der Waals surface area contributed by atoms with Gasteiger partial charge in [0.15, 0.2) is 0 Å². The molecule has 0 spiro atoms. The number of imidazole rings is 1. The zero-order valence-electron chi connectivity index (χ0n) is 18.3. The number of halogens is 1. The monoisotopic (exact) mass is 446 g/mol. The highest BCUT2D eigenvalue weighted by Gasteiger charge is 2.28. The molecule has 6 nitrogen and oxygen atoms in total. The fraction of sp³-hybridized carbons (Fsp3) is 0.667. The minimum atomic E-state index is 0. The van der Waals surface area contributed by atoms with Gasteiger partial charge in [0, 0.05) is 31.2 Å². The Morgan fingerprint density at radius 1 is 0.935 bits per heavy atom. The predicted molar refractivity (Wildman–Crippen MR) is 126 cm³/mol. The molecule has 2 N–H and O–H groups in total. The molecule has 1 aromatic heterocycles. The number of amides is 1. The molecule has 0 bridgehead atoms. The average Bonchev–Trinajstić information content (AvgIpc) is 3.58. The highest BCUT2D eigenvalue weighted by molar-refractivity contribution is 5.97. The van der Waals surface area contributed by atoms with E-state index in [1.165, 1.54) is 32.1 Å². The summed E-state index contributed by atoms with van der Waals surface area (Å²) in [4.78, 5) is 28.6. The number of carbonyl (C=O) groups is 1. The molecule has 2 aliphatic carbocycles. The maximum Gasteiger partial charge on any atom is 0.329 e. The summed E-state index contributed by atoms with van der Waals surface area (Å²) in [6.45, 7) is 3.04. The zero-order chi connectivity index (χ0) is 20.7. The van der Waals surface area contributed by atoms with E-state index in [0.717, 1.165) is 56.4 Å². The van der Waals surface area contributed by atoms with Gasteiger partial charge in [-0.1, -0.05) is 19.3 Å². The van der Waals surface area contributed by atoms with Crippen LogP contribution in [0.15, 0.2) is 23.0 Å². The van der Waals surface area contributed by atoms with Crippen molar-refractivity contribution in [3.63, 3.8) is 0 Å². The minimum absolute atomic E-state index is 0. The Labute approximate surface area is 190 Å². The van der Waals surface area contributed by atoms with Crippen molar-refractivity contribution in [2.75, 3.05) is 19.6 Å². The lowest BCUT2D eigenvalue weighted by Gasteiger charge is -2.31. The molecule has 31 heavy (non-hydrogen) atoms. The summed E-state index contributed by atoms with van der Waals surface area (Å²) in [6.07, 6.45) is 10.2. The van der Waals surface area contributed by atoms with Crippen molar-refractivity contribution in [2.24, 2.45) is 17.6 Å². The molecule has 2 aromatic rings. The van der Waals surface area contributed by atoms with Crippen molar-refractivity contribution >= 4 is 29.3 Å². The smallest absolute Gasteiger partial charge is 0.329 e. The van der Waals surface area contributed by atoms with Crippen molar-refractivity contribution < 1.29 is 4.79 Å². The normalized spacial score (nSPS) is 20.7. The number of carbonyl (C=O) groups excluding carboxylic acids is 1. The summed E-state index contributed by atoms with van der Waals surface area (Å²) in [5.41, 5.74) is 8.58. The molecule has 2 saturated carbocycles. The van der Waals surface area contributed by atoms with Gasteiger partial charge in [0.05, 0.1) is 11.0 Å². The fourth-order valence-electron chi connectivity index (χ4n) is 5.39. The number of nitrogens with two attached hydrogens (primary N) is 1. The third kappa shape index (κ3) is 4.42. The molecule has 0 unspecified atom stereocenters. The molecule has 3 aliphatic rings. The van der Waals surface area contributed by atoms with Gasteiger partial charge >= 0.3 is 5.69 Å². The Morgan fingerprint density at radius 3 is 2.29 bits per heavy atom. The highest BCUT2D eigenvalue weighted by atomic mass is 35.5. The molecule has 0 atom stereocenters. The van der Waals surface area contributed by atoms with Crippen LogP contribution in [0.3, 0.4) is 0 Å². The summed E-state index contributed by atoms with van der Waals surface area (Å²) in [6, 6.07) is 6.23. The van der Waals surface area contributed by atoms with E-state index in [2.05, 4.69) is 0 Å². The van der Waals surface area contributed by atoms with E-state index in [0.29, 0.717) is 30.0 Å². The van der Waals surface area contributed by atoms with Crippen LogP contribution in [0, 0.1) is 11.8 Å². The number of fused-ring (bicyclic) bond motifs is 1. The standard InChI is InChI=1S/C24H34N4O2.ClH/c25-15-17-10-12-26(13-11-17)23(29)19-8-9-21-22(14-19)27(16-18-6-7-18)24(30)28(21)20-4-2-1-3-5-20;/h8-9,14,17-18,20H,1-7,10-13,15-16,25H2;1H. The van der Waals surface area contributed by atoms with Crippen molar-refractivity contribution in [1.29, 1.82) is 0 Å². The number of benzene rings is 1. The Morgan fingerprint density at radius 2 is 1.65 bits per heavy atom. The van der Waals surface area contributed by atoms with Crippen molar-refractivity contribution in [1.82, 2.24) is 14.0 Å². The molecule has 5 rings (SSSR count). The minimum Gasteiger partial charge on any atom is -0.339 e. The molecule has 2 heterocycles. The average molecular weight is 447 g/mol. The van der Waals surface area contributed by atoms with Gasteiger partial charge in [-0.25, -0.2) is 4.79 Å². The van der Waals surface area contributed by atoms with Gasteiger partial charge in [0.25, 0.3) is 5.91 Å². The zero-order valence-corrected chi connectivity index (χ0v) is 19.1. The number of piperidine rings is 1. The molecule has 170 valence electrons. The van der Waals surface area contributed by atoms with Crippen LogP contribution in [0.25, 0.3) is 11.0 Å². The quantitative estimate of drug-likeness (QED) is 0.755. The summed E-state index contributed by atoms with van der Waals surface area (Å²) in [5, 5.41) is 0. The van der Waals surface area contributed by atoms with Gasteiger partial charge < -0.3 is 10.6 Å². The van der Waals surface area contributed by atoms with E-state index in [1.54, 1.807) is 0 Å². The van der Waals surface area contributed by atoms with Gasteiger partial charge in [-0.05, 0) is 75.1 Å². The van der Waals surface area contributed by atoms with Gasteiger partial charge in [0.1, 0.15) is 0 Å². The molecule has 0 radical (unpaired) electrons. The number of rotatable bonds is 5. The molecule has 1 aliphatic heterocycles. The van der Waals surface area contributed by atoms with Gasteiger partial charge in [-0.3, -0.25) is 13.9 Å². The SMILES string of the molecule is Cl.NCC1CCN(C(=O)c2ccc3c(c2)n(CC2CC2)c(=O)n3C2CCCCC2)CC1. The summed E-state index contributed by atoms with van der Waals surface area (Å²) in [5.74, 6) is 1.23. The molecule has 3 fully saturated rings. The second-order valence-corrected chi connectivity index (χ2v) is 9.67. The highest BCUT2D eigenvalue weighted by Crippen LogP contribution is 2.34. The third-order valence-electron chi connectivity index (χ3n) is 7.52. The molecule has 1 aromatic carbocycles. The van der Waals surface area contributed by atoms with E-state index in [-0.39, 0.29) is 24.0 Å². The summed E-state index contributed by atoms with van der Waals surface area (Å²) >= 11 is 0. The van der Waals surface area contributed by atoms with E-state index in [1.807, 2.05) is 32.2 Å². The lowest BCUT2D eigenvalue weighted by Crippen LogP contribution is -2.40. The van der Waals surface area contributed by atoms with Crippen LogP contribution in [-0.4, -0.2) is 39.6 Å². The van der Waals surface area contributed by atoms with Crippen LogP contribution in [0.5, 0.6) is 0 Å². The third-order valence-corrected chi connectivity index (χ3v) is 7.52. The number of aromatic nitrogens is 2. The van der Waals surface area contributed by atoms with Crippen LogP contribution in [0.2, 0.25) is 0 Å². The molecule has 1 saturated heterocycles. The lowest BCUT2D eigenvalue weighted by atomic mass is 9.95. The molecular weight excluding hydrogens is 412 g/mol.